The molecule has 1 atom stereocenters. The first-order valence-corrected chi connectivity index (χ1v) is 34.2. The number of hydrogen-bond acceptors (Lipinski definition) is 6. The molecule has 0 saturated carbocycles. The summed E-state index contributed by atoms with van der Waals surface area (Å²) in [5.74, 6) is -0.844. The number of carbonyl (C=O) groups is 3. The Hall–Kier alpha value is -1.85. The Morgan fingerprint density at radius 3 is 0.707 bits per heavy atom. The van der Waals surface area contributed by atoms with Crippen LogP contribution in [-0.4, -0.2) is 37.2 Å². The minimum absolute atomic E-state index is 0.0660. The average Bonchev–Trinajstić information content (AvgIpc) is 3.41. The summed E-state index contributed by atoms with van der Waals surface area (Å²) in [4.78, 5) is 38.3. The van der Waals surface area contributed by atoms with Gasteiger partial charge in [-0.05, 0) is 38.5 Å². The van der Waals surface area contributed by atoms with E-state index < -0.39 is 6.10 Å². The highest BCUT2D eigenvalue weighted by Crippen LogP contribution is 2.19. The molecule has 6 nitrogen and oxygen atoms in total. The van der Waals surface area contributed by atoms with Gasteiger partial charge in [0.05, 0.1) is 0 Å². The van der Waals surface area contributed by atoms with Crippen LogP contribution in [0.2, 0.25) is 0 Å². The SMILES string of the molecule is CCCC/C=C\CCCCCCCC(=O)OCC(COC(=O)CCCCCCCCCCCCCCCCCCCCCCCCCCCC)OC(=O)CCCCCCCCCCCCCCCCCCCCCC. The van der Waals surface area contributed by atoms with Crippen LogP contribution in [0, 0.1) is 0 Å². The monoisotopic (exact) mass is 1060 g/mol. The lowest BCUT2D eigenvalue weighted by Crippen LogP contribution is -2.30. The molecule has 0 aliphatic rings. The molecule has 1 unspecified atom stereocenters. The standard InChI is InChI=1S/C69H132O6/c1-4-7-10-13-16-19-22-24-26-28-30-32-33-34-35-36-37-39-40-42-44-47-50-53-56-59-62-68(71)74-65-66(64-73-67(70)61-58-55-52-49-46-21-18-15-12-9-6-3)75-69(72)63-60-57-54-51-48-45-43-41-38-31-29-27-25-23-20-17-14-11-8-5-2/h15,18,66H,4-14,16-17,19-65H2,1-3H3/b18-15-. The van der Waals surface area contributed by atoms with Crippen molar-refractivity contribution in [2.45, 2.75) is 399 Å². The van der Waals surface area contributed by atoms with Crippen LogP contribution in [-0.2, 0) is 28.6 Å². The van der Waals surface area contributed by atoms with Crippen molar-refractivity contribution in [2.75, 3.05) is 13.2 Å². The number of esters is 3. The molecule has 0 rings (SSSR count). The highest BCUT2D eigenvalue weighted by atomic mass is 16.6. The molecule has 0 aromatic carbocycles. The van der Waals surface area contributed by atoms with Crippen LogP contribution in [0.4, 0.5) is 0 Å². The van der Waals surface area contributed by atoms with Crippen molar-refractivity contribution in [3.8, 4) is 0 Å². The highest BCUT2D eigenvalue weighted by molar-refractivity contribution is 5.71. The fourth-order valence-electron chi connectivity index (χ4n) is 10.6. The van der Waals surface area contributed by atoms with Gasteiger partial charge in [0.25, 0.3) is 0 Å². The molecule has 0 aromatic heterocycles. The second kappa shape index (κ2) is 64.7. The summed E-state index contributed by atoms with van der Waals surface area (Å²) in [6.07, 6.45) is 76.8. The van der Waals surface area contributed by atoms with Gasteiger partial charge in [0.15, 0.2) is 6.10 Å². The quantitative estimate of drug-likeness (QED) is 0.0261. The molecule has 0 bridgehead atoms. The molecule has 6 heteroatoms. The molecule has 0 N–H and O–H groups in total. The summed E-state index contributed by atoms with van der Waals surface area (Å²) >= 11 is 0. The van der Waals surface area contributed by atoms with E-state index in [1.807, 2.05) is 0 Å². The first-order chi connectivity index (χ1) is 37.0. The lowest BCUT2D eigenvalue weighted by atomic mass is 10.0. The van der Waals surface area contributed by atoms with E-state index in [9.17, 15) is 14.4 Å². The fourth-order valence-corrected chi connectivity index (χ4v) is 10.6. The number of carbonyl (C=O) groups excluding carboxylic acids is 3. The van der Waals surface area contributed by atoms with E-state index in [1.54, 1.807) is 0 Å². The van der Waals surface area contributed by atoms with Gasteiger partial charge in [0, 0.05) is 19.3 Å². The zero-order valence-electron chi connectivity index (χ0n) is 51.1. The Labute approximate surface area is 469 Å². The number of rotatable bonds is 64. The van der Waals surface area contributed by atoms with Crippen LogP contribution < -0.4 is 0 Å². The normalized spacial score (nSPS) is 12.0. The van der Waals surface area contributed by atoms with E-state index >= 15 is 0 Å². The summed E-state index contributed by atoms with van der Waals surface area (Å²) in [5.41, 5.74) is 0. The fraction of sp³-hybridized carbons (Fsp3) is 0.928. The summed E-state index contributed by atoms with van der Waals surface area (Å²) in [6.45, 7) is 6.68. The molecule has 75 heavy (non-hydrogen) atoms. The first kappa shape index (κ1) is 73.2. The second-order valence-electron chi connectivity index (χ2n) is 23.5. The molecular formula is C69H132O6. The highest BCUT2D eigenvalue weighted by Gasteiger charge is 2.19. The Morgan fingerprint density at radius 1 is 0.253 bits per heavy atom. The van der Waals surface area contributed by atoms with Crippen LogP contribution in [0.15, 0.2) is 12.2 Å². The summed E-state index contributed by atoms with van der Waals surface area (Å²) < 4.78 is 16.9. The van der Waals surface area contributed by atoms with Crippen LogP contribution in [0.5, 0.6) is 0 Å². The third-order valence-corrected chi connectivity index (χ3v) is 15.8. The lowest BCUT2D eigenvalue weighted by Gasteiger charge is -2.18. The van der Waals surface area contributed by atoms with E-state index in [0.29, 0.717) is 19.3 Å². The number of hydrogen-bond donors (Lipinski definition) is 0. The van der Waals surface area contributed by atoms with Crippen LogP contribution in [0.3, 0.4) is 0 Å². The van der Waals surface area contributed by atoms with Gasteiger partial charge in [-0.3, -0.25) is 14.4 Å². The minimum atomic E-state index is -0.769. The van der Waals surface area contributed by atoms with Crippen molar-refractivity contribution in [3.63, 3.8) is 0 Å². The molecule has 0 aliphatic carbocycles. The van der Waals surface area contributed by atoms with Gasteiger partial charge in [-0.1, -0.05) is 348 Å². The van der Waals surface area contributed by atoms with E-state index in [1.165, 1.54) is 289 Å². The van der Waals surface area contributed by atoms with Gasteiger partial charge in [-0.25, -0.2) is 0 Å². The average molecular weight is 1060 g/mol. The van der Waals surface area contributed by atoms with Crippen LogP contribution in [0.25, 0.3) is 0 Å². The predicted molar refractivity (Wildman–Crippen MR) is 326 cm³/mol. The zero-order valence-corrected chi connectivity index (χ0v) is 51.1. The number of unbranched alkanes of at least 4 members (excludes halogenated alkanes) is 51. The molecule has 0 amide bonds. The van der Waals surface area contributed by atoms with Crippen molar-refractivity contribution in [1.82, 2.24) is 0 Å². The van der Waals surface area contributed by atoms with E-state index in [2.05, 4.69) is 32.9 Å². The topological polar surface area (TPSA) is 78.9 Å². The molecule has 0 fully saturated rings. The van der Waals surface area contributed by atoms with Gasteiger partial charge in [-0.2, -0.15) is 0 Å². The molecule has 0 radical (unpaired) electrons. The molecule has 0 aliphatic heterocycles. The van der Waals surface area contributed by atoms with Crippen LogP contribution >= 0.6 is 0 Å². The number of allylic oxidation sites excluding steroid dienone is 2. The van der Waals surface area contributed by atoms with Crippen molar-refractivity contribution in [1.29, 1.82) is 0 Å². The van der Waals surface area contributed by atoms with Crippen molar-refractivity contribution >= 4 is 17.9 Å². The van der Waals surface area contributed by atoms with E-state index in [0.717, 1.165) is 64.2 Å². The first-order valence-electron chi connectivity index (χ1n) is 34.2. The molecule has 444 valence electrons. The maximum Gasteiger partial charge on any atom is 0.306 e. The van der Waals surface area contributed by atoms with E-state index in [-0.39, 0.29) is 31.1 Å². The van der Waals surface area contributed by atoms with Crippen molar-refractivity contribution < 1.29 is 28.6 Å². The molecular weight excluding hydrogens is 925 g/mol. The van der Waals surface area contributed by atoms with Crippen LogP contribution in [0.1, 0.15) is 393 Å². The third kappa shape index (κ3) is 62.9. The molecule has 0 aromatic rings. The minimum Gasteiger partial charge on any atom is -0.462 e. The number of ether oxygens (including phenoxy) is 3. The van der Waals surface area contributed by atoms with E-state index in [4.69, 9.17) is 14.2 Å². The van der Waals surface area contributed by atoms with Gasteiger partial charge in [-0.15, -0.1) is 0 Å². The lowest BCUT2D eigenvalue weighted by molar-refractivity contribution is -0.167. The van der Waals surface area contributed by atoms with Crippen molar-refractivity contribution in [3.05, 3.63) is 12.2 Å². The predicted octanol–water partition coefficient (Wildman–Crippen LogP) is 23.2. The maximum absolute atomic E-state index is 12.9. The second-order valence-corrected chi connectivity index (χ2v) is 23.5. The van der Waals surface area contributed by atoms with Gasteiger partial charge in [0.2, 0.25) is 0 Å². The van der Waals surface area contributed by atoms with Gasteiger partial charge in [0.1, 0.15) is 13.2 Å². The third-order valence-electron chi connectivity index (χ3n) is 15.8. The summed E-state index contributed by atoms with van der Waals surface area (Å²) in [6, 6.07) is 0. The molecule has 0 spiro atoms. The van der Waals surface area contributed by atoms with Gasteiger partial charge < -0.3 is 14.2 Å². The smallest absolute Gasteiger partial charge is 0.306 e. The zero-order chi connectivity index (χ0) is 54.3. The maximum atomic E-state index is 12.9. The largest absolute Gasteiger partial charge is 0.462 e. The van der Waals surface area contributed by atoms with Crippen molar-refractivity contribution in [2.24, 2.45) is 0 Å². The molecule has 0 saturated heterocycles. The molecule has 0 heterocycles. The Morgan fingerprint density at radius 2 is 0.453 bits per heavy atom. The van der Waals surface area contributed by atoms with Gasteiger partial charge >= 0.3 is 17.9 Å². The summed E-state index contributed by atoms with van der Waals surface area (Å²) in [5, 5.41) is 0. The Balaban J connectivity index is 4.15. The Bertz CT molecular complexity index is 1170. The Kier molecular flexibility index (Phi) is 63.1. The summed E-state index contributed by atoms with van der Waals surface area (Å²) in [7, 11) is 0.